The number of benzene rings is 5. The maximum absolute atomic E-state index is 5.26. The first-order chi connectivity index (χ1) is 21.3. The number of hydrogen-bond acceptors (Lipinski definition) is 6. The van der Waals surface area contributed by atoms with Gasteiger partial charge in [-0.05, 0) is 24.3 Å². The van der Waals surface area contributed by atoms with Gasteiger partial charge in [-0.3, -0.25) is 0 Å². The van der Waals surface area contributed by atoms with Crippen LogP contribution in [0.3, 0.4) is 0 Å². The van der Waals surface area contributed by atoms with Crippen molar-refractivity contribution in [2.45, 2.75) is 0 Å². The minimum atomic E-state index is 0.832. The van der Waals surface area contributed by atoms with E-state index in [0.717, 1.165) is 88.3 Å². The summed E-state index contributed by atoms with van der Waals surface area (Å²) in [6.07, 6.45) is 0. The van der Waals surface area contributed by atoms with Gasteiger partial charge in [-0.15, -0.1) is 0 Å². The summed E-state index contributed by atoms with van der Waals surface area (Å²) in [5.74, 6) is 0. The second-order valence-corrected chi connectivity index (χ2v) is 11.1. The first-order valence-electron chi connectivity index (χ1n) is 14.1. The zero-order valence-corrected chi connectivity index (χ0v) is 23.6. The van der Waals surface area contributed by atoms with E-state index in [4.69, 9.17) is 23.7 Å². The number of aromatic nitrogens is 5. The van der Waals surface area contributed by atoms with Crippen LogP contribution >= 0.6 is 11.7 Å². The van der Waals surface area contributed by atoms with Crippen molar-refractivity contribution in [2.24, 2.45) is 0 Å². The van der Waals surface area contributed by atoms with Crippen LogP contribution in [0.15, 0.2) is 127 Å². The Balaban J connectivity index is 1.35. The van der Waals surface area contributed by atoms with Crippen molar-refractivity contribution in [1.82, 2.24) is 23.7 Å². The van der Waals surface area contributed by atoms with Gasteiger partial charge in [0, 0.05) is 43.6 Å². The number of hydrogen-bond donors (Lipinski definition) is 0. The van der Waals surface area contributed by atoms with Crippen molar-refractivity contribution < 1.29 is 0 Å². The summed E-state index contributed by atoms with van der Waals surface area (Å²) in [7, 11) is 0. The Bertz CT molecular complexity index is 2510. The Morgan fingerprint density at radius 1 is 0.442 bits per heavy atom. The van der Waals surface area contributed by atoms with Crippen LogP contribution in [-0.4, -0.2) is 23.7 Å². The summed E-state index contributed by atoms with van der Waals surface area (Å²) < 4.78 is 9.64. The van der Waals surface area contributed by atoms with E-state index in [-0.39, 0.29) is 0 Å². The second kappa shape index (κ2) is 9.48. The third kappa shape index (κ3) is 3.81. The number of rotatable bonds is 3. The van der Waals surface area contributed by atoms with Gasteiger partial charge in [0.1, 0.15) is 11.0 Å². The van der Waals surface area contributed by atoms with Crippen molar-refractivity contribution in [1.29, 1.82) is 0 Å². The highest BCUT2D eigenvalue weighted by Crippen LogP contribution is 2.41. The van der Waals surface area contributed by atoms with Crippen LogP contribution < -0.4 is 0 Å². The van der Waals surface area contributed by atoms with E-state index < -0.39 is 0 Å². The highest BCUT2D eigenvalue weighted by molar-refractivity contribution is 7.00. The van der Waals surface area contributed by atoms with Gasteiger partial charge in [-0.1, -0.05) is 103 Å². The Hall–Kier alpha value is -5.59. The molecule has 4 aromatic heterocycles. The highest BCUT2D eigenvalue weighted by atomic mass is 32.1. The van der Waals surface area contributed by atoms with E-state index in [1.807, 2.05) is 30.3 Å². The molecule has 5 nitrogen and oxygen atoms in total. The van der Waals surface area contributed by atoms with E-state index in [0.29, 0.717) is 0 Å². The average molecular weight is 568 g/mol. The minimum Gasteiger partial charge on any atom is -0.247 e. The maximum Gasteiger partial charge on any atom is 0.114 e. The fourth-order valence-electron chi connectivity index (χ4n) is 6.06. The molecule has 0 aliphatic rings. The normalized spacial score (nSPS) is 11.7. The Morgan fingerprint density at radius 3 is 1.81 bits per heavy atom. The van der Waals surface area contributed by atoms with Crippen LogP contribution in [0.4, 0.5) is 0 Å². The van der Waals surface area contributed by atoms with Crippen molar-refractivity contribution in [3.8, 4) is 33.8 Å². The van der Waals surface area contributed by atoms with E-state index in [2.05, 4.69) is 97.1 Å². The van der Waals surface area contributed by atoms with E-state index in [9.17, 15) is 0 Å². The van der Waals surface area contributed by atoms with Crippen LogP contribution in [0.25, 0.3) is 88.3 Å². The molecule has 9 aromatic rings. The third-order valence-electron chi connectivity index (χ3n) is 8.11. The quantitative estimate of drug-likeness (QED) is 0.199. The minimum absolute atomic E-state index is 0.832. The number of fused-ring (bicyclic) bond motifs is 8. The molecule has 6 heteroatoms. The molecule has 0 fully saturated rings. The molecule has 0 aliphatic carbocycles. The Labute approximate surface area is 250 Å². The largest absolute Gasteiger partial charge is 0.247 e. The molecule has 0 saturated carbocycles. The molecule has 0 unspecified atom stereocenters. The Kier molecular flexibility index (Phi) is 5.30. The van der Waals surface area contributed by atoms with Gasteiger partial charge in [0.2, 0.25) is 0 Å². The summed E-state index contributed by atoms with van der Waals surface area (Å²) in [4.78, 5) is 15.5. The average Bonchev–Trinajstić information content (AvgIpc) is 3.58. The zero-order valence-electron chi connectivity index (χ0n) is 22.8. The summed E-state index contributed by atoms with van der Waals surface area (Å²) in [6.45, 7) is 0. The third-order valence-corrected chi connectivity index (χ3v) is 8.64. The van der Waals surface area contributed by atoms with Crippen LogP contribution in [-0.2, 0) is 0 Å². The molecule has 0 N–H and O–H groups in total. The maximum atomic E-state index is 5.26. The summed E-state index contributed by atoms with van der Waals surface area (Å²) >= 11 is 1.23. The first-order valence-corrected chi connectivity index (χ1v) is 14.8. The number of nitrogens with zero attached hydrogens (tertiary/aromatic N) is 5. The topological polar surface area (TPSA) is 64.5 Å². The molecule has 0 saturated heterocycles. The SMILES string of the molecule is c1ccc(-c2ccc3ccc4ccc(-c5cc6c(-c7ccccc7)nc7ccccc7c6c6nsnc56)nc4c3n2)cc1. The van der Waals surface area contributed by atoms with E-state index in [1.165, 1.54) is 11.7 Å². The summed E-state index contributed by atoms with van der Waals surface area (Å²) in [5, 5.41) is 5.26. The molecule has 5 aromatic carbocycles. The second-order valence-electron chi connectivity index (χ2n) is 10.6. The molecule has 0 radical (unpaired) electrons. The molecule has 9 rings (SSSR count). The van der Waals surface area contributed by atoms with Gasteiger partial charge in [0.05, 0.1) is 45.4 Å². The van der Waals surface area contributed by atoms with Crippen LogP contribution in [0.2, 0.25) is 0 Å². The molecule has 43 heavy (non-hydrogen) atoms. The molecule has 0 atom stereocenters. The van der Waals surface area contributed by atoms with Crippen LogP contribution in [0, 0.1) is 0 Å². The molecule has 0 aliphatic heterocycles. The molecule has 0 bridgehead atoms. The monoisotopic (exact) mass is 567 g/mol. The molecule has 4 heterocycles. The van der Waals surface area contributed by atoms with Gasteiger partial charge < -0.3 is 0 Å². The summed E-state index contributed by atoms with van der Waals surface area (Å²) in [6, 6.07) is 43.7. The van der Waals surface area contributed by atoms with Crippen molar-refractivity contribution in [3.63, 3.8) is 0 Å². The number of para-hydroxylation sites is 1. The lowest BCUT2D eigenvalue weighted by atomic mass is 9.95. The summed E-state index contributed by atoms with van der Waals surface area (Å²) in [5.41, 5.74) is 10.2. The predicted molar refractivity (Wildman–Crippen MR) is 177 cm³/mol. The van der Waals surface area contributed by atoms with Gasteiger partial charge >= 0.3 is 0 Å². The molecule has 0 spiro atoms. The lowest BCUT2D eigenvalue weighted by Crippen LogP contribution is -1.94. The van der Waals surface area contributed by atoms with Gasteiger partial charge in [-0.2, -0.15) is 8.75 Å². The van der Waals surface area contributed by atoms with Crippen molar-refractivity contribution >= 4 is 66.2 Å². The van der Waals surface area contributed by atoms with Crippen molar-refractivity contribution in [3.05, 3.63) is 127 Å². The van der Waals surface area contributed by atoms with Crippen LogP contribution in [0.5, 0.6) is 0 Å². The smallest absolute Gasteiger partial charge is 0.114 e. The lowest BCUT2D eigenvalue weighted by molar-refractivity contribution is 1.37. The van der Waals surface area contributed by atoms with Gasteiger partial charge in [0.15, 0.2) is 0 Å². The first kappa shape index (κ1) is 24.1. The standard InChI is InChI=1S/C37H21N5S/c1-3-9-22(10-4-1)29-19-17-24-15-16-25-18-20-31(40-35(25)34(24)38-29)27-21-28-32(37-36(27)41-43-42-37)26-13-7-8-14-30(26)39-33(28)23-11-5-2-6-12-23/h1-21H. The Morgan fingerprint density at radius 2 is 1.05 bits per heavy atom. The van der Waals surface area contributed by atoms with Crippen molar-refractivity contribution in [2.75, 3.05) is 0 Å². The van der Waals surface area contributed by atoms with Gasteiger partial charge in [0.25, 0.3) is 0 Å². The van der Waals surface area contributed by atoms with Crippen LogP contribution in [0.1, 0.15) is 0 Å². The fourth-order valence-corrected chi connectivity index (χ4v) is 6.63. The van der Waals surface area contributed by atoms with E-state index >= 15 is 0 Å². The molecular formula is C37H21N5S. The van der Waals surface area contributed by atoms with Gasteiger partial charge in [-0.25, -0.2) is 15.0 Å². The zero-order chi connectivity index (χ0) is 28.3. The molecule has 200 valence electrons. The highest BCUT2D eigenvalue weighted by Gasteiger charge is 2.20. The molecule has 0 amide bonds. The predicted octanol–water partition coefficient (Wildman–Crippen LogP) is 9.49. The fraction of sp³-hybridized carbons (Fsp3) is 0. The molecular weight excluding hydrogens is 547 g/mol. The van der Waals surface area contributed by atoms with E-state index in [1.54, 1.807) is 0 Å². The lowest BCUT2D eigenvalue weighted by Gasteiger charge is -2.13. The number of pyridine rings is 3.